The lowest BCUT2D eigenvalue weighted by molar-refractivity contribution is -0.917. The van der Waals surface area contributed by atoms with E-state index in [0.717, 1.165) is 32.7 Å². The number of rotatable bonds is 5. The maximum atomic E-state index is 12.3. The molecule has 2 aromatic carbocycles. The molecule has 6 heteroatoms. The number of halogens is 2. The predicted octanol–water partition coefficient (Wildman–Crippen LogP) is 2.30. The fourth-order valence-corrected chi connectivity index (χ4v) is 3.42. The second kappa shape index (κ2) is 8.56. The van der Waals surface area contributed by atoms with E-state index in [-0.39, 0.29) is 12.5 Å². The van der Waals surface area contributed by atoms with Gasteiger partial charge in [0.05, 0.1) is 31.2 Å². The number of amides is 1. The molecule has 0 spiro atoms. The molecule has 132 valence electrons. The summed E-state index contributed by atoms with van der Waals surface area (Å²) in [4.78, 5) is 15.7. The number of nitrogens with zero attached hydrogens (tertiary/aromatic N) is 1. The van der Waals surface area contributed by atoms with Crippen molar-refractivity contribution in [3.05, 3.63) is 64.1 Å². The third kappa shape index (κ3) is 5.11. The van der Waals surface area contributed by atoms with Crippen molar-refractivity contribution in [2.75, 3.05) is 32.8 Å². The largest absolute Gasteiger partial charge is 0.482 e. The molecule has 0 atom stereocenters. The fourth-order valence-electron chi connectivity index (χ4n) is 2.96. The molecule has 0 unspecified atom stereocenters. The lowest BCUT2D eigenvalue weighted by Crippen LogP contribution is -3.13. The number of hydrogen-bond acceptors (Lipinski definition) is 2. The van der Waals surface area contributed by atoms with Crippen molar-refractivity contribution in [3.63, 3.8) is 0 Å². The van der Waals surface area contributed by atoms with Gasteiger partial charge in [-0.25, -0.2) is 0 Å². The van der Waals surface area contributed by atoms with Crippen LogP contribution in [-0.2, 0) is 11.3 Å². The van der Waals surface area contributed by atoms with E-state index in [9.17, 15) is 4.79 Å². The summed E-state index contributed by atoms with van der Waals surface area (Å²) in [5.41, 5.74) is 1.33. The van der Waals surface area contributed by atoms with Crippen LogP contribution < -0.4 is 9.64 Å². The normalized spacial score (nSPS) is 15.2. The van der Waals surface area contributed by atoms with Crippen molar-refractivity contribution in [2.45, 2.75) is 6.54 Å². The third-order valence-electron chi connectivity index (χ3n) is 4.37. The summed E-state index contributed by atoms with van der Waals surface area (Å²) in [7, 11) is 0. The number of carbonyl (C=O) groups excluding carboxylic acids is 1. The van der Waals surface area contributed by atoms with Gasteiger partial charge in [0, 0.05) is 10.6 Å². The van der Waals surface area contributed by atoms with Crippen molar-refractivity contribution >= 4 is 29.1 Å². The minimum absolute atomic E-state index is 0.00459. The molecule has 3 rings (SSSR count). The zero-order valence-electron chi connectivity index (χ0n) is 13.9. The highest BCUT2D eigenvalue weighted by atomic mass is 35.5. The number of benzene rings is 2. The highest BCUT2D eigenvalue weighted by molar-refractivity contribution is 6.35. The molecule has 4 nitrogen and oxygen atoms in total. The summed E-state index contributed by atoms with van der Waals surface area (Å²) >= 11 is 11.9. The van der Waals surface area contributed by atoms with Crippen molar-refractivity contribution in [1.29, 1.82) is 0 Å². The minimum Gasteiger partial charge on any atom is -0.482 e. The Bertz CT molecular complexity index is 717. The molecule has 0 aromatic heterocycles. The lowest BCUT2D eigenvalue weighted by Gasteiger charge is -2.32. The molecule has 2 aromatic rings. The average molecular weight is 380 g/mol. The van der Waals surface area contributed by atoms with E-state index in [1.807, 2.05) is 11.0 Å². The summed E-state index contributed by atoms with van der Waals surface area (Å²) in [6.45, 7) is 4.39. The predicted molar refractivity (Wildman–Crippen MR) is 99.4 cm³/mol. The molecular formula is C19H21Cl2N2O2+. The Morgan fingerprint density at radius 2 is 1.80 bits per heavy atom. The second-order valence-corrected chi connectivity index (χ2v) is 7.00. The van der Waals surface area contributed by atoms with Gasteiger partial charge < -0.3 is 14.5 Å². The zero-order valence-corrected chi connectivity index (χ0v) is 15.4. The van der Waals surface area contributed by atoms with E-state index >= 15 is 0 Å². The fraction of sp³-hybridized carbons (Fsp3) is 0.316. The van der Waals surface area contributed by atoms with Gasteiger partial charge in [-0.3, -0.25) is 4.79 Å². The molecule has 0 radical (unpaired) electrons. The SMILES string of the molecule is O=C(COc1ccc(Cl)cc1Cl)N1CC[NH+](Cc2ccccc2)CC1. The van der Waals surface area contributed by atoms with Gasteiger partial charge in [-0.05, 0) is 18.2 Å². The Kier molecular flexibility index (Phi) is 6.19. The Balaban J connectivity index is 1.45. The maximum Gasteiger partial charge on any atom is 0.260 e. The zero-order chi connectivity index (χ0) is 17.6. The van der Waals surface area contributed by atoms with Crippen LogP contribution >= 0.6 is 23.2 Å². The first-order valence-corrected chi connectivity index (χ1v) is 9.10. The number of carbonyl (C=O) groups is 1. The summed E-state index contributed by atoms with van der Waals surface area (Å²) in [6.07, 6.45) is 0. The van der Waals surface area contributed by atoms with E-state index in [2.05, 4.69) is 24.3 Å². The maximum absolute atomic E-state index is 12.3. The van der Waals surface area contributed by atoms with Gasteiger partial charge in [-0.15, -0.1) is 0 Å². The Hall–Kier alpha value is -1.75. The van der Waals surface area contributed by atoms with Crippen LogP contribution in [0.2, 0.25) is 10.0 Å². The first kappa shape index (κ1) is 18.1. The van der Waals surface area contributed by atoms with Gasteiger partial charge in [0.2, 0.25) is 0 Å². The summed E-state index contributed by atoms with van der Waals surface area (Å²) in [5, 5.41) is 0.957. The van der Waals surface area contributed by atoms with Crippen LogP contribution in [0.1, 0.15) is 5.56 Å². The van der Waals surface area contributed by atoms with Gasteiger partial charge in [-0.1, -0.05) is 53.5 Å². The van der Waals surface area contributed by atoms with E-state index < -0.39 is 0 Å². The molecule has 0 bridgehead atoms. The van der Waals surface area contributed by atoms with Gasteiger partial charge in [-0.2, -0.15) is 0 Å². The third-order valence-corrected chi connectivity index (χ3v) is 4.90. The Morgan fingerprint density at radius 1 is 1.08 bits per heavy atom. The van der Waals surface area contributed by atoms with Gasteiger partial charge in [0.25, 0.3) is 5.91 Å². The first-order chi connectivity index (χ1) is 12.1. The quantitative estimate of drug-likeness (QED) is 0.864. The summed E-state index contributed by atoms with van der Waals surface area (Å²) in [5.74, 6) is 0.470. The molecule has 1 fully saturated rings. The molecule has 25 heavy (non-hydrogen) atoms. The number of piperazine rings is 1. The number of hydrogen-bond donors (Lipinski definition) is 1. The smallest absolute Gasteiger partial charge is 0.260 e. The monoisotopic (exact) mass is 379 g/mol. The van der Waals surface area contributed by atoms with Crippen LogP contribution in [0.5, 0.6) is 5.75 Å². The molecule has 1 amide bonds. The van der Waals surface area contributed by atoms with Crippen molar-refractivity contribution in [3.8, 4) is 5.75 Å². The van der Waals surface area contributed by atoms with E-state index in [1.54, 1.807) is 18.2 Å². The van der Waals surface area contributed by atoms with Crippen LogP contribution in [0.25, 0.3) is 0 Å². The number of ether oxygens (including phenoxy) is 1. The van der Waals surface area contributed by atoms with Crippen LogP contribution in [0.3, 0.4) is 0 Å². The highest BCUT2D eigenvalue weighted by Gasteiger charge is 2.24. The highest BCUT2D eigenvalue weighted by Crippen LogP contribution is 2.27. The van der Waals surface area contributed by atoms with Crippen LogP contribution in [0, 0.1) is 0 Å². The van der Waals surface area contributed by atoms with Crippen LogP contribution in [-0.4, -0.2) is 43.6 Å². The van der Waals surface area contributed by atoms with Gasteiger partial charge in [0.1, 0.15) is 12.3 Å². The molecule has 1 heterocycles. The van der Waals surface area contributed by atoms with Crippen LogP contribution in [0.4, 0.5) is 0 Å². The van der Waals surface area contributed by atoms with E-state index in [0.29, 0.717) is 15.8 Å². The number of quaternary nitrogens is 1. The number of nitrogens with one attached hydrogen (secondary N) is 1. The topological polar surface area (TPSA) is 34.0 Å². The van der Waals surface area contributed by atoms with Crippen molar-refractivity contribution in [2.24, 2.45) is 0 Å². The summed E-state index contributed by atoms with van der Waals surface area (Å²) < 4.78 is 5.54. The Labute approximate surface area is 157 Å². The summed E-state index contributed by atoms with van der Waals surface area (Å²) in [6, 6.07) is 15.4. The van der Waals surface area contributed by atoms with Gasteiger partial charge in [0.15, 0.2) is 6.61 Å². The molecular weight excluding hydrogens is 359 g/mol. The van der Waals surface area contributed by atoms with E-state index in [1.165, 1.54) is 10.5 Å². The van der Waals surface area contributed by atoms with Gasteiger partial charge >= 0.3 is 0 Å². The molecule has 1 aliphatic heterocycles. The Morgan fingerprint density at radius 3 is 2.48 bits per heavy atom. The minimum atomic E-state index is -0.00947. The lowest BCUT2D eigenvalue weighted by atomic mass is 10.2. The second-order valence-electron chi connectivity index (χ2n) is 6.16. The van der Waals surface area contributed by atoms with Crippen molar-refractivity contribution < 1.29 is 14.4 Å². The van der Waals surface area contributed by atoms with Crippen molar-refractivity contribution in [1.82, 2.24) is 4.90 Å². The molecule has 1 saturated heterocycles. The molecule has 1 N–H and O–H groups in total. The molecule has 0 aliphatic carbocycles. The molecule has 1 aliphatic rings. The first-order valence-electron chi connectivity index (χ1n) is 8.35. The van der Waals surface area contributed by atoms with E-state index in [4.69, 9.17) is 27.9 Å². The molecule has 0 saturated carbocycles. The average Bonchev–Trinajstić information content (AvgIpc) is 2.62. The standard InChI is InChI=1S/C19H20Cl2N2O2/c20-16-6-7-18(17(21)12-16)25-14-19(24)23-10-8-22(9-11-23)13-15-4-2-1-3-5-15/h1-7,12H,8-11,13-14H2/p+1. The van der Waals surface area contributed by atoms with Crippen LogP contribution in [0.15, 0.2) is 48.5 Å².